The zero-order valence-electron chi connectivity index (χ0n) is 24.0. The minimum Gasteiger partial charge on any atom is -0.394 e. The van der Waals surface area contributed by atoms with Crippen molar-refractivity contribution in [3.05, 3.63) is 65.1 Å². The Morgan fingerprint density at radius 2 is 1.86 bits per heavy atom. The summed E-state index contributed by atoms with van der Waals surface area (Å²) in [6.07, 6.45) is -3.08. The number of amides is 1. The number of anilines is 1. The number of carbonyl (C=O) groups is 1. The topological polar surface area (TPSA) is 154 Å². The van der Waals surface area contributed by atoms with Crippen LogP contribution in [-0.4, -0.2) is 86.5 Å². The van der Waals surface area contributed by atoms with Crippen LogP contribution in [0.5, 0.6) is 0 Å². The molecule has 0 radical (unpaired) electrons. The number of aliphatic hydroxyl groups is 3. The molecule has 1 amide bonds. The quantitative estimate of drug-likeness (QED) is 0.364. The number of ether oxygens (including phenoxy) is 2. The highest BCUT2D eigenvalue weighted by Gasteiger charge is 2.52. The van der Waals surface area contributed by atoms with Gasteiger partial charge in [-0.25, -0.2) is 17.9 Å². The van der Waals surface area contributed by atoms with Gasteiger partial charge in [0.1, 0.15) is 47.5 Å². The van der Waals surface area contributed by atoms with Gasteiger partial charge in [0.05, 0.1) is 36.6 Å². The molecule has 1 saturated heterocycles. The Morgan fingerprint density at radius 1 is 1.16 bits per heavy atom. The van der Waals surface area contributed by atoms with E-state index in [1.54, 1.807) is 0 Å². The van der Waals surface area contributed by atoms with Crippen LogP contribution in [0.2, 0.25) is 0 Å². The second kappa shape index (κ2) is 13.0. The lowest BCUT2D eigenvalue weighted by atomic mass is 9.88. The predicted molar refractivity (Wildman–Crippen MR) is 149 cm³/mol. The molecule has 2 heterocycles. The molecule has 1 aromatic heterocycles. The van der Waals surface area contributed by atoms with E-state index in [0.717, 1.165) is 30.7 Å². The molecule has 2 aliphatic rings. The van der Waals surface area contributed by atoms with Gasteiger partial charge < -0.3 is 29.7 Å². The fourth-order valence-corrected chi connectivity index (χ4v) is 6.00. The molecule has 0 spiro atoms. The highest BCUT2D eigenvalue weighted by Crippen LogP contribution is 2.37. The Balaban J connectivity index is 1.56. The predicted octanol–water partition coefficient (Wildman–Crippen LogP) is 2.56. The van der Waals surface area contributed by atoms with Gasteiger partial charge in [-0.1, -0.05) is 18.1 Å². The van der Waals surface area contributed by atoms with Gasteiger partial charge in [0, 0.05) is 23.9 Å². The summed E-state index contributed by atoms with van der Waals surface area (Å²) in [4.78, 5) is 15.6. The number of methoxy groups -OCH3 is 1. The van der Waals surface area contributed by atoms with Gasteiger partial charge in [0.25, 0.3) is 5.91 Å². The molecule has 5 unspecified atom stereocenters. The van der Waals surface area contributed by atoms with Crippen molar-refractivity contribution < 1.29 is 42.8 Å². The van der Waals surface area contributed by atoms with Gasteiger partial charge in [-0.15, -0.1) is 5.10 Å². The number of rotatable bonds is 7. The number of hydrogen-bond donors (Lipinski definition) is 3. The first-order valence-electron chi connectivity index (χ1n) is 14.1. The summed E-state index contributed by atoms with van der Waals surface area (Å²) in [5.41, 5.74) is -0.0475. The van der Waals surface area contributed by atoms with Crippen LogP contribution in [0.15, 0.2) is 36.5 Å². The van der Waals surface area contributed by atoms with E-state index in [4.69, 9.17) is 9.47 Å². The van der Waals surface area contributed by atoms with Crippen molar-refractivity contribution in [3.8, 4) is 17.3 Å². The third-order valence-electron chi connectivity index (χ3n) is 8.33. The normalized spacial score (nSPS) is 27.1. The van der Waals surface area contributed by atoms with Crippen LogP contribution >= 0.6 is 0 Å². The summed E-state index contributed by atoms with van der Waals surface area (Å²) in [6, 6.07) is 5.46. The van der Waals surface area contributed by atoms with Gasteiger partial charge in [-0.2, -0.15) is 5.26 Å². The summed E-state index contributed by atoms with van der Waals surface area (Å²) in [6.45, 7) is 0.581. The van der Waals surface area contributed by atoms with E-state index in [0.29, 0.717) is 19.3 Å². The average Bonchev–Trinajstić information content (AvgIpc) is 3.50. The molecule has 3 N–H and O–H groups in total. The van der Waals surface area contributed by atoms with Gasteiger partial charge in [0.2, 0.25) is 0 Å². The molecule has 234 valence electrons. The first-order chi connectivity index (χ1) is 21.1. The summed E-state index contributed by atoms with van der Waals surface area (Å²) in [7, 11) is 1.27. The van der Waals surface area contributed by atoms with E-state index in [-0.39, 0.29) is 28.1 Å². The van der Waals surface area contributed by atoms with E-state index in [1.165, 1.54) is 35.9 Å². The van der Waals surface area contributed by atoms with Crippen molar-refractivity contribution >= 4 is 11.6 Å². The number of aromatic nitrogens is 3. The van der Waals surface area contributed by atoms with Crippen molar-refractivity contribution in [1.82, 2.24) is 15.0 Å². The Hall–Kier alpha value is -3.87. The summed E-state index contributed by atoms with van der Waals surface area (Å²) < 4.78 is 55.9. The maximum atomic E-state index is 14.6. The Morgan fingerprint density at radius 3 is 2.50 bits per heavy atom. The maximum Gasteiger partial charge on any atom is 0.259 e. The number of nitriles is 1. The van der Waals surface area contributed by atoms with Gasteiger partial charge >= 0.3 is 0 Å². The molecule has 1 saturated carbocycles. The molecule has 2 fully saturated rings. The minimum atomic E-state index is -1.52. The largest absolute Gasteiger partial charge is 0.394 e. The molecule has 5 rings (SSSR count). The molecular formula is C30H32F3N5O6. The molecule has 11 nitrogen and oxygen atoms in total. The van der Waals surface area contributed by atoms with Crippen molar-refractivity contribution in [1.29, 1.82) is 5.26 Å². The van der Waals surface area contributed by atoms with Crippen molar-refractivity contribution in [2.45, 2.75) is 75.2 Å². The highest BCUT2D eigenvalue weighted by atomic mass is 19.1. The zero-order valence-corrected chi connectivity index (χ0v) is 24.0. The second-order valence-corrected chi connectivity index (χ2v) is 11.0. The van der Waals surface area contributed by atoms with E-state index in [2.05, 4.69) is 10.3 Å². The standard InChI is InChI=1S/C30H32F3N5O6/c1-15-20(32)9-17(10-21(15)33)22-13-37(36-35-22)26-27(41)25(14-39)44-29(28(26)43-2)30(42)38(23-5-3-4-6-24(23)40)19-8-16(12-34)7-18(31)11-19/h7-11,13,23-29,39-41H,3-6,14H2,1-2H3/t23-,24-,25?,26?,27?,28?,29?/m0/s1. The molecule has 3 aromatic rings. The lowest BCUT2D eigenvalue weighted by Gasteiger charge is -2.46. The fourth-order valence-electron chi connectivity index (χ4n) is 6.00. The molecular weight excluding hydrogens is 583 g/mol. The van der Waals surface area contributed by atoms with E-state index in [1.807, 2.05) is 6.07 Å². The van der Waals surface area contributed by atoms with Crippen molar-refractivity contribution in [2.75, 3.05) is 18.6 Å². The van der Waals surface area contributed by atoms with Crippen LogP contribution in [0.25, 0.3) is 11.3 Å². The molecule has 44 heavy (non-hydrogen) atoms. The lowest BCUT2D eigenvalue weighted by Crippen LogP contribution is -2.63. The average molecular weight is 616 g/mol. The van der Waals surface area contributed by atoms with E-state index >= 15 is 0 Å². The van der Waals surface area contributed by atoms with Crippen LogP contribution in [-0.2, 0) is 14.3 Å². The summed E-state index contributed by atoms with van der Waals surface area (Å²) in [5, 5.41) is 49.7. The Labute approximate surface area is 251 Å². The van der Waals surface area contributed by atoms with Crippen LogP contribution in [0, 0.1) is 35.7 Å². The van der Waals surface area contributed by atoms with Crippen LogP contribution in [0.3, 0.4) is 0 Å². The second-order valence-electron chi connectivity index (χ2n) is 11.0. The number of hydrogen-bond acceptors (Lipinski definition) is 9. The minimum absolute atomic E-state index is 0.0191. The fraction of sp³-hybridized carbons (Fsp3) is 0.467. The number of aliphatic hydroxyl groups excluding tert-OH is 3. The van der Waals surface area contributed by atoms with Crippen LogP contribution in [0.4, 0.5) is 18.9 Å². The van der Waals surface area contributed by atoms with Crippen LogP contribution in [0.1, 0.15) is 42.9 Å². The van der Waals surface area contributed by atoms with Crippen molar-refractivity contribution in [3.63, 3.8) is 0 Å². The highest BCUT2D eigenvalue weighted by molar-refractivity contribution is 5.98. The molecule has 2 aromatic carbocycles. The molecule has 0 bridgehead atoms. The number of nitrogens with zero attached hydrogens (tertiary/aromatic N) is 5. The summed E-state index contributed by atoms with van der Waals surface area (Å²) in [5.74, 6) is -3.11. The Bertz CT molecular complexity index is 1540. The van der Waals surface area contributed by atoms with E-state index < -0.39 is 72.6 Å². The zero-order chi connectivity index (χ0) is 31.7. The van der Waals surface area contributed by atoms with E-state index in [9.17, 15) is 38.5 Å². The third-order valence-corrected chi connectivity index (χ3v) is 8.33. The van der Waals surface area contributed by atoms with Gasteiger partial charge in [-0.3, -0.25) is 4.79 Å². The molecule has 7 atom stereocenters. The number of benzene rings is 2. The monoisotopic (exact) mass is 615 g/mol. The van der Waals surface area contributed by atoms with Gasteiger partial charge in [-0.05, 0) is 50.1 Å². The lowest BCUT2D eigenvalue weighted by molar-refractivity contribution is -0.211. The maximum absolute atomic E-state index is 14.6. The molecule has 1 aliphatic carbocycles. The number of carbonyl (C=O) groups excluding carboxylic acids is 1. The van der Waals surface area contributed by atoms with Crippen LogP contribution < -0.4 is 4.90 Å². The van der Waals surface area contributed by atoms with Crippen molar-refractivity contribution in [2.24, 2.45) is 0 Å². The first kappa shape index (κ1) is 31.6. The molecule has 14 heteroatoms. The molecule has 1 aliphatic heterocycles. The van der Waals surface area contributed by atoms with Gasteiger partial charge in [0.15, 0.2) is 6.10 Å². The first-order valence-corrected chi connectivity index (χ1v) is 14.1. The number of halogens is 3. The smallest absolute Gasteiger partial charge is 0.259 e. The Kier molecular flexibility index (Phi) is 9.33. The summed E-state index contributed by atoms with van der Waals surface area (Å²) >= 11 is 0. The SMILES string of the molecule is COC1C(C(=O)N(c2cc(F)cc(C#N)c2)[C@H]2CCCC[C@@H]2O)OC(CO)C(O)C1n1cc(-c2cc(F)c(C)c(F)c2)nn1. The third kappa shape index (κ3) is 5.93.